The van der Waals surface area contributed by atoms with E-state index in [1.54, 1.807) is 0 Å². The Labute approximate surface area is 95.9 Å². The molecule has 0 radical (unpaired) electrons. The van der Waals surface area contributed by atoms with Gasteiger partial charge in [-0.3, -0.25) is 4.79 Å². The van der Waals surface area contributed by atoms with Crippen LogP contribution < -0.4 is 5.32 Å². The SMILES string of the molecule is CC(=O)Nc1ccc(C)c(C(F)(F)F)c1C#N. The van der Waals surface area contributed by atoms with Crippen molar-refractivity contribution in [3.8, 4) is 6.07 Å². The molecule has 1 N–H and O–H groups in total. The summed E-state index contributed by atoms with van der Waals surface area (Å²) in [6.45, 7) is 2.43. The summed E-state index contributed by atoms with van der Waals surface area (Å²) < 4.78 is 38.2. The van der Waals surface area contributed by atoms with E-state index in [9.17, 15) is 18.0 Å². The molecule has 0 atom stereocenters. The molecule has 6 heteroatoms. The number of hydrogen-bond donors (Lipinski definition) is 1. The average Bonchev–Trinajstić information content (AvgIpc) is 2.17. The number of nitrogens with one attached hydrogen (secondary N) is 1. The number of hydrogen-bond acceptors (Lipinski definition) is 2. The Bertz CT molecular complexity index is 501. The highest BCUT2D eigenvalue weighted by molar-refractivity contribution is 5.90. The van der Waals surface area contributed by atoms with Crippen molar-refractivity contribution in [2.75, 3.05) is 5.32 Å². The summed E-state index contributed by atoms with van der Waals surface area (Å²) in [4.78, 5) is 10.8. The van der Waals surface area contributed by atoms with Crippen molar-refractivity contribution in [1.29, 1.82) is 5.26 Å². The van der Waals surface area contributed by atoms with Crippen molar-refractivity contribution in [3.63, 3.8) is 0 Å². The molecule has 17 heavy (non-hydrogen) atoms. The lowest BCUT2D eigenvalue weighted by atomic mass is 10.00. The predicted molar refractivity (Wildman–Crippen MR) is 55.2 cm³/mol. The van der Waals surface area contributed by atoms with Gasteiger partial charge in [-0.2, -0.15) is 18.4 Å². The highest BCUT2D eigenvalue weighted by Crippen LogP contribution is 2.37. The molecular formula is C11H9F3N2O. The summed E-state index contributed by atoms with van der Waals surface area (Å²) in [7, 11) is 0. The van der Waals surface area contributed by atoms with E-state index in [1.165, 1.54) is 25.1 Å². The highest BCUT2D eigenvalue weighted by Gasteiger charge is 2.36. The van der Waals surface area contributed by atoms with Crippen LogP contribution in [0.5, 0.6) is 0 Å². The van der Waals surface area contributed by atoms with Gasteiger partial charge in [0.25, 0.3) is 0 Å². The van der Waals surface area contributed by atoms with Crippen LogP contribution in [0.3, 0.4) is 0 Å². The second-order valence-corrected chi connectivity index (χ2v) is 3.47. The van der Waals surface area contributed by atoms with Crippen molar-refractivity contribution in [2.24, 2.45) is 0 Å². The number of nitrogens with zero attached hydrogens (tertiary/aromatic N) is 1. The Morgan fingerprint density at radius 3 is 2.41 bits per heavy atom. The van der Waals surface area contributed by atoms with Gasteiger partial charge in [-0.15, -0.1) is 0 Å². The Morgan fingerprint density at radius 2 is 2.00 bits per heavy atom. The Morgan fingerprint density at radius 1 is 1.41 bits per heavy atom. The molecule has 1 amide bonds. The van der Waals surface area contributed by atoms with Crippen LogP contribution in [0.25, 0.3) is 0 Å². The predicted octanol–water partition coefficient (Wildman–Crippen LogP) is 2.84. The smallest absolute Gasteiger partial charge is 0.325 e. The van der Waals surface area contributed by atoms with Crippen LogP contribution in [0.2, 0.25) is 0 Å². The second kappa shape index (κ2) is 4.45. The molecule has 0 saturated carbocycles. The number of alkyl halides is 3. The third-order valence-corrected chi connectivity index (χ3v) is 2.12. The van der Waals surface area contributed by atoms with E-state index < -0.39 is 23.2 Å². The van der Waals surface area contributed by atoms with Gasteiger partial charge in [0.15, 0.2) is 0 Å². The maximum absolute atomic E-state index is 12.7. The van der Waals surface area contributed by atoms with Crippen LogP contribution in [0.15, 0.2) is 12.1 Å². The Hall–Kier alpha value is -2.03. The summed E-state index contributed by atoms with van der Waals surface area (Å²) in [5, 5.41) is 11.0. The monoisotopic (exact) mass is 242 g/mol. The summed E-state index contributed by atoms with van der Waals surface area (Å²) in [6, 6.07) is 3.98. The van der Waals surface area contributed by atoms with E-state index >= 15 is 0 Å². The second-order valence-electron chi connectivity index (χ2n) is 3.47. The van der Waals surface area contributed by atoms with Crippen LogP contribution >= 0.6 is 0 Å². The first kappa shape index (κ1) is 13.0. The van der Waals surface area contributed by atoms with Crippen molar-refractivity contribution in [1.82, 2.24) is 0 Å². The molecule has 0 fully saturated rings. The van der Waals surface area contributed by atoms with E-state index in [-0.39, 0.29) is 11.3 Å². The van der Waals surface area contributed by atoms with Crippen molar-refractivity contribution in [3.05, 3.63) is 28.8 Å². The number of anilines is 1. The van der Waals surface area contributed by atoms with E-state index in [0.29, 0.717) is 0 Å². The molecule has 90 valence electrons. The number of benzene rings is 1. The van der Waals surface area contributed by atoms with Gasteiger partial charge in [0.1, 0.15) is 6.07 Å². The zero-order valence-corrected chi connectivity index (χ0v) is 9.14. The maximum atomic E-state index is 12.7. The molecule has 1 aromatic rings. The number of amides is 1. The number of rotatable bonds is 1. The van der Waals surface area contributed by atoms with Crippen LogP contribution in [0.1, 0.15) is 23.6 Å². The molecule has 0 bridgehead atoms. The number of nitriles is 1. The Kier molecular flexibility index (Phi) is 3.42. The first-order chi connectivity index (χ1) is 7.77. The molecule has 0 aliphatic carbocycles. The number of halogens is 3. The maximum Gasteiger partial charge on any atom is 0.418 e. The summed E-state index contributed by atoms with van der Waals surface area (Å²) >= 11 is 0. The minimum absolute atomic E-state index is 0.0526. The molecule has 0 unspecified atom stereocenters. The first-order valence-corrected chi connectivity index (χ1v) is 4.66. The largest absolute Gasteiger partial charge is 0.418 e. The van der Waals surface area contributed by atoms with Crippen LogP contribution in [-0.4, -0.2) is 5.91 Å². The minimum atomic E-state index is -4.62. The van der Waals surface area contributed by atoms with Gasteiger partial charge in [0, 0.05) is 6.92 Å². The lowest BCUT2D eigenvalue weighted by molar-refractivity contribution is -0.138. The fraction of sp³-hybridized carbons (Fsp3) is 0.273. The summed E-state index contributed by atoms with van der Waals surface area (Å²) in [5.74, 6) is -0.529. The third kappa shape index (κ3) is 2.75. The van der Waals surface area contributed by atoms with Gasteiger partial charge < -0.3 is 5.32 Å². The van der Waals surface area contributed by atoms with Crippen molar-refractivity contribution >= 4 is 11.6 Å². The fourth-order valence-electron chi connectivity index (χ4n) is 1.48. The van der Waals surface area contributed by atoms with Gasteiger partial charge in [-0.05, 0) is 18.6 Å². The van der Waals surface area contributed by atoms with Crippen LogP contribution in [0.4, 0.5) is 18.9 Å². The zero-order valence-electron chi connectivity index (χ0n) is 9.14. The van der Waals surface area contributed by atoms with E-state index in [0.717, 1.165) is 6.92 Å². The lowest BCUT2D eigenvalue weighted by Gasteiger charge is -2.15. The molecule has 0 heterocycles. The normalized spacial score (nSPS) is 10.8. The fourth-order valence-corrected chi connectivity index (χ4v) is 1.48. The standard InChI is InChI=1S/C11H9F3N2O/c1-6-3-4-9(16-7(2)17)8(5-15)10(6)11(12,13)14/h3-4H,1-2H3,(H,16,17). The van der Waals surface area contributed by atoms with Crippen LogP contribution in [0, 0.1) is 18.3 Å². The van der Waals surface area contributed by atoms with Crippen molar-refractivity contribution < 1.29 is 18.0 Å². The highest BCUT2D eigenvalue weighted by atomic mass is 19.4. The van der Waals surface area contributed by atoms with Gasteiger partial charge >= 0.3 is 6.18 Å². The molecule has 0 aliphatic heterocycles. The molecule has 0 aliphatic rings. The molecule has 1 aromatic carbocycles. The number of carbonyl (C=O) groups is 1. The zero-order chi connectivity index (χ0) is 13.2. The van der Waals surface area contributed by atoms with Gasteiger partial charge in [0.05, 0.1) is 16.8 Å². The Balaban J connectivity index is 3.49. The van der Waals surface area contributed by atoms with E-state index in [2.05, 4.69) is 5.32 Å². The summed E-state index contributed by atoms with van der Waals surface area (Å²) in [6.07, 6.45) is -4.62. The molecule has 1 rings (SSSR count). The third-order valence-electron chi connectivity index (χ3n) is 2.12. The molecule has 0 aromatic heterocycles. The van der Waals surface area contributed by atoms with Crippen LogP contribution in [-0.2, 0) is 11.0 Å². The molecule has 3 nitrogen and oxygen atoms in total. The van der Waals surface area contributed by atoms with Gasteiger partial charge in [-0.25, -0.2) is 0 Å². The molecule has 0 spiro atoms. The number of aryl methyl sites for hydroxylation is 1. The molecular weight excluding hydrogens is 233 g/mol. The topological polar surface area (TPSA) is 52.9 Å². The lowest BCUT2D eigenvalue weighted by Crippen LogP contribution is -2.14. The summed E-state index contributed by atoms with van der Waals surface area (Å²) in [5.41, 5.74) is -1.75. The van der Waals surface area contributed by atoms with E-state index in [1.807, 2.05) is 0 Å². The number of carbonyl (C=O) groups excluding carboxylic acids is 1. The quantitative estimate of drug-likeness (QED) is 0.823. The first-order valence-electron chi connectivity index (χ1n) is 4.66. The van der Waals surface area contributed by atoms with Gasteiger partial charge in [-0.1, -0.05) is 6.07 Å². The van der Waals surface area contributed by atoms with Gasteiger partial charge in [0.2, 0.25) is 5.91 Å². The van der Waals surface area contributed by atoms with Crippen molar-refractivity contribution in [2.45, 2.75) is 20.0 Å². The molecule has 0 saturated heterocycles. The average molecular weight is 242 g/mol. The minimum Gasteiger partial charge on any atom is -0.325 e. The van der Waals surface area contributed by atoms with E-state index in [4.69, 9.17) is 5.26 Å².